The van der Waals surface area contributed by atoms with Gasteiger partial charge in [-0.25, -0.2) is 0 Å². The molecule has 0 aliphatic rings. The second-order valence-electron chi connectivity index (χ2n) is 5.02. The van der Waals surface area contributed by atoms with Gasteiger partial charge in [0.25, 0.3) is 5.69 Å². The first-order chi connectivity index (χ1) is 11.2. The summed E-state index contributed by atoms with van der Waals surface area (Å²) in [6.45, 7) is 0.590. The SMILES string of the molecule is COc1cccc(CNc2ccc([N+](=O)[O-])c3cnccc23)c1. The fourth-order valence-corrected chi connectivity index (χ4v) is 2.47. The van der Waals surface area contributed by atoms with Gasteiger partial charge in [0.2, 0.25) is 0 Å². The maximum atomic E-state index is 11.1. The second kappa shape index (κ2) is 6.31. The first kappa shape index (κ1) is 14.8. The maximum Gasteiger partial charge on any atom is 0.278 e. The van der Waals surface area contributed by atoms with Crippen molar-refractivity contribution in [3.8, 4) is 5.75 Å². The van der Waals surface area contributed by atoms with E-state index >= 15 is 0 Å². The van der Waals surface area contributed by atoms with E-state index in [1.165, 1.54) is 12.3 Å². The number of nitrogens with zero attached hydrogens (tertiary/aromatic N) is 2. The number of benzene rings is 2. The number of anilines is 1. The summed E-state index contributed by atoms with van der Waals surface area (Å²) in [5.74, 6) is 0.794. The minimum Gasteiger partial charge on any atom is -0.497 e. The van der Waals surface area contributed by atoms with Crippen LogP contribution in [0.5, 0.6) is 5.75 Å². The van der Waals surface area contributed by atoms with Crippen molar-refractivity contribution in [2.75, 3.05) is 12.4 Å². The highest BCUT2D eigenvalue weighted by atomic mass is 16.6. The fourth-order valence-electron chi connectivity index (χ4n) is 2.47. The largest absolute Gasteiger partial charge is 0.497 e. The molecule has 3 rings (SSSR count). The molecule has 3 aromatic rings. The van der Waals surface area contributed by atoms with Crippen LogP contribution in [-0.2, 0) is 6.54 Å². The molecule has 1 N–H and O–H groups in total. The number of hydrogen-bond acceptors (Lipinski definition) is 5. The molecule has 0 aliphatic heterocycles. The van der Waals surface area contributed by atoms with Gasteiger partial charge in [0, 0.05) is 36.1 Å². The summed E-state index contributed by atoms with van der Waals surface area (Å²) in [5.41, 5.74) is 1.95. The lowest BCUT2D eigenvalue weighted by atomic mass is 10.1. The molecule has 2 aromatic carbocycles. The van der Waals surface area contributed by atoms with Crippen molar-refractivity contribution in [1.29, 1.82) is 0 Å². The molecule has 0 saturated carbocycles. The number of pyridine rings is 1. The monoisotopic (exact) mass is 309 g/mol. The van der Waals surface area contributed by atoms with Gasteiger partial charge in [0.1, 0.15) is 5.75 Å². The molecule has 0 amide bonds. The van der Waals surface area contributed by atoms with E-state index in [0.717, 1.165) is 22.4 Å². The van der Waals surface area contributed by atoms with E-state index in [9.17, 15) is 10.1 Å². The van der Waals surface area contributed by atoms with Crippen LogP contribution in [0, 0.1) is 10.1 Å². The minimum absolute atomic E-state index is 0.0556. The van der Waals surface area contributed by atoms with Crippen LogP contribution in [-0.4, -0.2) is 17.0 Å². The summed E-state index contributed by atoms with van der Waals surface area (Å²) in [5, 5.41) is 15.7. The Hall–Kier alpha value is -3.15. The molecule has 6 nitrogen and oxygen atoms in total. The number of methoxy groups -OCH3 is 1. The molecule has 0 atom stereocenters. The Labute approximate surface area is 132 Å². The molecule has 0 aliphatic carbocycles. The number of aromatic nitrogens is 1. The van der Waals surface area contributed by atoms with Crippen LogP contribution in [0.15, 0.2) is 54.9 Å². The maximum absolute atomic E-state index is 11.1. The number of fused-ring (bicyclic) bond motifs is 1. The molecule has 0 fully saturated rings. The first-order valence-electron chi connectivity index (χ1n) is 7.07. The number of non-ortho nitro benzene ring substituents is 1. The van der Waals surface area contributed by atoms with E-state index in [2.05, 4.69) is 10.3 Å². The number of nitro groups is 1. The van der Waals surface area contributed by atoms with Crippen molar-refractivity contribution in [3.05, 3.63) is 70.5 Å². The molecule has 0 radical (unpaired) electrons. The van der Waals surface area contributed by atoms with Gasteiger partial charge in [-0.2, -0.15) is 0 Å². The Morgan fingerprint density at radius 2 is 2.09 bits per heavy atom. The average molecular weight is 309 g/mol. The molecule has 0 bridgehead atoms. The summed E-state index contributed by atoms with van der Waals surface area (Å²) in [6.07, 6.45) is 3.15. The highest BCUT2D eigenvalue weighted by molar-refractivity contribution is 5.99. The van der Waals surface area contributed by atoms with Gasteiger partial charge in [-0.3, -0.25) is 15.1 Å². The molecule has 116 valence electrons. The lowest BCUT2D eigenvalue weighted by Crippen LogP contribution is -2.01. The second-order valence-corrected chi connectivity index (χ2v) is 5.02. The van der Waals surface area contributed by atoms with Gasteiger partial charge in [0.15, 0.2) is 0 Å². The Kier molecular flexibility index (Phi) is 4.05. The predicted octanol–water partition coefficient (Wildman–Crippen LogP) is 3.76. The number of rotatable bonds is 5. The Bertz CT molecular complexity index is 865. The standard InChI is InChI=1S/C17H15N3O3/c1-23-13-4-2-3-12(9-13)10-19-16-5-6-17(20(21)22)15-11-18-8-7-14(15)16/h2-9,11,19H,10H2,1H3. The summed E-state index contributed by atoms with van der Waals surface area (Å²) in [4.78, 5) is 14.7. The van der Waals surface area contributed by atoms with E-state index in [1.54, 1.807) is 25.4 Å². The molecule has 6 heteroatoms. The van der Waals surface area contributed by atoms with E-state index in [-0.39, 0.29) is 5.69 Å². The van der Waals surface area contributed by atoms with Gasteiger partial charge in [-0.1, -0.05) is 12.1 Å². The van der Waals surface area contributed by atoms with Crippen molar-refractivity contribution in [3.63, 3.8) is 0 Å². The highest BCUT2D eigenvalue weighted by Crippen LogP contribution is 2.31. The van der Waals surface area contributed by atoms with Crippen molar-refractivity contribution in [2.24, 2.45) is 0 Å². The quantitative estimate of drug-likeness (QED) is 0.573. The topological polar surface area (TPSA) is 77.3 Å². The number of nitrogens with one attached hydrogen (secondary N) is 1. The lowest BCUT2D eigenvalue weighted by Gasteiger charge is -2.11. The van der Waals surface area contributed by atoms with Crippen molar-refractivity contribution in [1.82, 2.24) is 4.98 Å². The zero-order valence-electron chi connectivity index (χ0n) is 12.5. The smallest absolute Gasteiger partial charge is 0.278 e. The fraction of sp³-hybridized carbons (Fsp3) is 0.118. The summed E-state index contributed by atoms with van der Waals surface area (Å²) >= 11 is 0. The summed E-state index contributed by atoms with van der Waals surface area (Å²) in [7, 11) is 1.63. The molecule has 0 unspecified atom stereocenters. The molecule has 1 aromatic heterocycles. The Morgan fingerprint density at radius 3 is 2.87 bits per heavy atom. The highest BCUT2D eigenvalue weighted by Gasteiger charge is 2.14. The van der Waals surface area contributed by atoms with E-state index in [4.69, 9.17) is 4.74 Å². The predicted molar refractivity (Wildman–Crippen MR) is 88.7 cm³/mol. The zero-order valence-corrected chi connectivity index (χ0v) is 12.5. The van der Waals surface area contributed by atoms with Crippen LogP contribution < -0.4 is 10.1 Å². The Morgan fingerprint density at radius 1 is 1.22 bits per heavy atom. The third-order valence-corrected chi connectivity index (χ3v) is 3.61. The summed E-state index contributed by atoms with van der Waals surface area (Å²) in [6, 6.07) is 12.7. The lowest BCUT2D eigenvalue weighted by molar-refractivity contribution is -0.383. The van der Waals surface area contributed by atoms with Crippen LogP contribution in [0.2, 0.25) is 0 Å². The van der Waals surface area contributed by atoms with E-state index in [1.807, 2.05) is 24.3 Å². The van der Waals surface area contributed by atoms with Crippen LogP contribution in [0.4, 0.5) is 11.4 Å². The molecule has 0 spiro atoms. The number of ether oxygens (including phenoxy) is 1. The molecule has 0 saturated heterocycles. The van der Waals surface area contributed by atoms with Crippen LogP contribution in [0.3, 0.4) is 0 Å². The third kappa shape index (κ3) is 3.06. The Balaban J connectivity index is 1.91. The van der Waals surface area contributed by atoms with E-state index in [0.29, 0.717) is 11.9 Å². The van der Waals surface area contributed by atoms with Gasteiger partial charge >= 0.3 is 0 Å². The normalized spacial score (nSPS) is 10.5. The average Bonchev–Trinajstić information content (AvgIpc) is 2.59. The number of hydrogen-bond donors (Lipinski definition) is 1. The van der Waals surface area contributed by atoms with Crippen LogP contribution in [0.1, 0.15) is 5.56 Å². The third-order valence-electron chi connectivity index (χ3n) is 3.61. The van der Waals surface area contributed by atoms with Gasteiger partial charge in [-0.05, 0) is 29.8 Å². The van der Waals surface area contributed by atoms with Crippen LogP contribution >= 0.6 is 0 Å². The van der Waals surface area contributed by atoms with E-state index < -0.39 is 4.92 Å². The first-order valence-corrected chi connectivity index (χ1v) is 7.07. The molecule has 1 heterocycles. The van der Waals surface area contributed by atoms with Crippen molar-refractivity contribution in [2.45, 2.75) is 6.54 Å². The summed E-state index contributed by atoms with van der Waals surface area (Å²) < 4.78 is 5.21. The van der Waals surface area contributed by atoms with Crippen molar-refractivity contribution >= 4 is 22.1 Å². The molecular formula is C17H15N3O3. The van der Waals surface area contributed by atoms with Gasteiger partial charge in [0.05, 0.1) is 17.4 Å². The van der Waals surface area contributed by atoms with Crippen LogP contribution in [0.25, 0.3) is 10.8 Å². The van der Waals surface area contributed by atoms with Gasteiger partial charge < -0.3 is 10.1 Å². The minimum atomic E-state index is -0.393. The van der Waals surface area contributed by atoms with Crippen molar-refractivity contribution < 1.29 is 9.66 Å². The zero-order chi connectivity index (χ0) is 16.2. The number of nitro benzene ring substituents is 1. The molecule has 23 heavy (non-hydrogen) atoms. The van der Waals surface area contributed by atoms with Gasteiger partial charge in [-0.15, -0.1) is 0 Å². The molecular weight excluding hydrogens is 294 g/mol.